The highest BCUT2D eigenvalue weighted by atomic mass is 32.1. The first kappa shape index (κ1) is 17.3. The van der Waals surface area contributed by atoms with E-state index in [2.05, 4.69) is 52.5 Å². The zero-order valence-corrected chi connectivity index (χ0v) is 16.7. The molecule has 1 unspecified atom stereocenters. The number of aromatic nitrogens is 3. The van der Waals surface area contributed by atoms with Crippen molar-refractivity contribution < 1.29 is 0 Å². The van der Waals surface area contributed by atoms with Crippen molar-refractivity contribution in [2.24, 2.45) is 5.92 Å². The van der Waals surface area contributed by atoms with Gasteiger partial charge >= 0.3 is 0 Å². The van der Waals surface area contributed by atoms with Gasteiger partial charge in [0.1, 0.15) is 16.3 Å². The molecule has 5 heteroatoms. The smallest absolute Gasteiger partial charge is 0.181 e. The van der Waals surface area contributed by atoms with Gasteiger partial charge in [-0.3, -0.25) is 4.98 Å². The van der Waals surface area contributed by atoms with Crippen molar-refractivity contribution in [2.75, 3.05) is 18.0 Å². The molecule has 140 valence electrons. The molecule has 0 saturated carbocycles. The number of hydrogen-bond acceptors (Lipinski definition) is 5. The number of nitrogens with zero attached hydrogens (tertiary/aromatic N) is 4. The molecule has 4 nitrogen and oxygen atoms in total. The molecule has 1 aromatic carbocycles. The summed E-state index contributed by atoms with van der Waals surface area (Å²) >= 11 is 1.69. The summed E-state index contributed by atoms with van der Waals surface area (Å²) in [4.78, 5) is 17.9. The van der Waals surface area contributed by atoms with Crippen molar-refractivity contribution in [1.82, 2.24) is 15.0 Å². The number of pyridine rings is 1. The number of benzene rings is 1. The van der Waals surface area contributed by atoms with E-state index in [9.17, 15) is 0 Å². The van der Waals surface area contributed by atoms with E-state index < -0.39 is 0 Å². The van der Waals surface area contributed by atoms with Crippen LogP contribution in [0.2, 0.25) is 0 Å². The molecule has 0 N–H and O–H groups in total. The van der Waals surface area contributed by atoms with Gasteiger partial charge in [-0.25, -0.2) is 9.97 Å². The lowest BCUT2D eigenvalue weighted by Crippen LogP contribution is -2.35. The number of rotatable bonds is 3. The summed E-state index contributed by atoms with van der Waals surface area (Å²) in [7, 11) is 0. The Balaban J connectivity index is 1.73. The highest BCUT2D eigenvalue weighted by molar-refractivity contribution is 7.17. The van der Waals surface area contributed by atoms with E-state index in [0.717, 1.165) is 29.4 Å². The van der Waals surface area contributed by atoms with Crippen LogP contribution in [0.4, 0.5) is 5.82 Å². The first-order chi connectivity index (χ1) is 13.8. The van der Waals surface area contributed by atoms with Crippen molar-refractivity contribution in [3.05, 3.63) is 60.1 Å². The van der Waals surface area contributed by atoms with E-state index >= 15 is 0 Å². The topological polar surface area (TPSA) is 41.9 Å². The van der Waals surface area contributed by atoms with Crippen molar-refractivity contribution in [3.63, 3.8) is 0 Å². The number of hydrogen-bond donors (Lipinski definition) is 0. The Labute approximate surface area is 168 Å². The second-order valence-corrected chi connectivity index (χ2v) is 8.33. The summed E-state index contributed by atoms with van der Waals surface area (Å²) in [6, 6.07) is 16.5. The van der Waals surface area contributed by atoms with E-state index in [-0.39, 0.29) is 0 Å². The van der Waals surface area contributed by atoms with E-state index in [4.69, 9.17) is 9.97 Å². The van der Waals surface area contributed by atoms with Crippen LogP contribution in [0.15, 0.2) is 60.1 Å². The van der Waals surface area contributed by atoms with E-state index in [1.807, 2.05) is 18.2 Å². The van der Waals surface area contributed by atoms with Gasteiger partial charge in [0, 0.05) is 30.2 Å². The SMILES string of the molecule is CC1CCCN(c2nc(-c3ccccn3)nc3scc(-c4ccccc4)c23)C1. The Hall–Kier alpha value is -2.79. The Morgan fingerprint density at radius 3 is 2.68 bits per heavy atom. The molecule has 5 rings (SSSR count). The van der Waals surface area contributed by atoms with Gasteiger partial charge in [0.15, 0.2) is 5.82 Å². The number of fused-ring (bicyclic) bond motifs is 1. The van der Waals surface area contributed by atoms with Crippen molar-refractivity contribution in [2.45, 2.75) is 19.8 Å². The highest BCUT2D eigenvalue weighted by Gasteiger charge is 2.24. The number of anilines is 1. The summed E-state index contributed by atoms with van der Waals surface area (Å²) in [5, 5.41) is 3.39. The van der Waals surface area contributed by atoms with Gasteiger partial charge in [-0.05, 0) is 36.5 Å². The Morgan fingerprint density at radius 2 is 1.89 bits per heavy atom. The Bertz CT molecular complexity index is 1090. The lowest BCUT2D eigenvalue weighted by atomic mass is 9.99. The Morgan fingerprint density at radius 1 is 1.04 bits per heavy atom. The average Bonchev–Trinajstić information content (AvgIpc) is 3.18. The van der Waals surface area contributed by atoms with Crippen LogP contribution < -0.4 is 4.90 Å². The third kappa shape index (κ3) is 3.16. The lowest BCUT2D eigenvalue weighted by Gasteiger charge is -2.32. The van der Waals surface area contributed by atoms with Crippen LogP contribution in [-0.4, -0.2) is 28.0 Å². The maximum atomic E-state index is 5.05. The Kier molecular flexibility index (Phi) is 4.53. The second kappa shape index (κ2) is 7.32. The second-order valence-electron chi connectivity index (χ2n) is 7.47. The summed E-state index contributed by atoms with van der Waals surface area (Å²) < 4.78 is 0. The van der Waals surface area contributed by atoms with E-state index in [1.165, 1.54) is 29.4 Å². The number of piperidine rings is 1. The van der Waals surface area contributed by atoms with Gasteiger partial charge in [0.2, 0.25) is 0 Å². The molecule has 4 heterocycles. The molecule has 0 radical (unpaired) electrons. The van der Waals surface area contributed by atoms with Crippen LogP contribution in [-0.2, 0) is 0 Å². The standard InChI is InChI=1S/C23H22N4S/c1-16-8-7-13-27(14-16)22-20-18(17-9-3-2-4-10-17)15-28-23(20)26-21(25-22)19-11-5-6-12-24-19/h2-6,9-12,15-16H,7-8,13-14H2,1H3. The third-order valence-electron chi connectivity index (χ3n) is 5.35. The predicted octanol–water partition coefficient (Wildman–Crippen LogP) is 5.66. The van der Waals surface area contributed by atoms with Crippen LogP contribution in [0.25, 0.3) is 32.9 Å². The maximum Gasteiger partial charge on any atom is 0.181 e. The molecule has 1 atom stereocenters. The molecule has 28 heavy (non-hydrogen) atoms. The molecule has 0 amide bonds. The van der Waals surface area contributed by atoms with Gasteiger partial charge in [-0.15, -0.1) is 11.3 Å². The highest BCUT2D eigenvalue weighted by Crippen LogP contribution is 2.40. The van der Waals surface area contributed by atoms with E-state index in [0.29, 0.717) is 11.7 Å². The van der Waals surface area contributed by atoms with Crippen LogP contribution in [0.1, 0.15) is 19.8 Å². The van der Waals surface area contributed by atoms with Gasteiger partial charge in [0.05, 0.1) is 5.39 Å². The maximum absolute atomic E-state index is 5.05. The molecule has 1 aliphatic rings. The van der Waals surface area contributed by atoms with Gasteiger partial charge in [-0.1, -0.05) is 43.3 Å². The lowest BCUT2D eigenvalue weighted by molar-refractivity contribution is 0.445. The fourth-order valence-corrected chi connectivity index (χ4v) is 4.92. The van der Waals surface area contributed by atoms with Crippen molar-refractivity contribution in [3.8, 4) is 22.6 Å². The summed E-state index contributed by atoms with van der Waals surface area (Å²) in [5.74, 6) is 2.44. The molecule has 0 spiro atoms. The normalized spacial score (nSPS) is 17.2. The fraction of sp³-hybridized carbons (Fsp3) is 0.261. The minimum absolute atomic E-state index is 0.677. The molecular formula is C23H22N4S. The fourth-order valence-electron chi connectivity index (χ4n) is 3.97. The van der Waals surface area contributed by atoms with E-state index in [1.54, 1.807) is 17.5 Å². The van der Waals surface area contributed by atoms with Crippen LogP contribution in [0, 0.1) is 5.92 Å². The molecule has 1 saturated heterocycles. The van der Waals surface area contributed by atoms with Crippen LogP contribution >= 0.6 is 11.3 Å². The van der Waals surface area contributed by atoms with Crippen LogP contribution in [0.3, 0.4) is 0 Å². The van der Waals surface area contributed by atoms with Crippen molar-refractivity contribution in [1.29, 1.82) is 0 Å². The zero-order chi connectivity index (χ0) is 18.9. The largest absolute Gasteiger partial charge is 0.356 e. The predicted molar refractivity (Wildman–Crippen MR) is 117 cm³/mol. The summed E-state index contributed by atoms with van der Waals surface area (Å²) in [5.41, 5.74) is 3.26. The quantitative estimate of drug-likeness (QED) is 0.456. The monoisotopic (exact) mass is 386 g/mol. The summed E-state index contributed by atoms with van der Waals surface area (Å²) in [6.07, 6.45) is 4.29. The first-order valence-corrected chi connectivity index (χ1v) is 10.7. The van der Waals surface area contributed by atoms with Gasteiger partial charge in [-0.2, -0.15) is 0 Å². The first-order valence-electron chi connectivity index (χ1n) is 9.80. The van der Waals surface area contributed by atoms with Crippen LogP contribution in [0.5, 0.6) is 0 Å². The summed E-state index contributed by atoms with van der Waals surface area (Å²) in [6.45, 7) is 4.41. The molecule has 0 bridgehead atoms. The molecule has 3 aromatic heterocycles. The van der Waals surface area contributed by atoms with Gasteiger partial charge in [0.25, 0.3) is 0 Å². The third-order valence-corrected chi connectivity index (χ3v) is 6.22. The number of thiophene rings is 1. The molecular weight excluding hydrogens is 364 g/mol. The molecule has 0 aliphatic carbocycles. The average molecular weight is 387 g/mol. The zero-order valence-electron chi connectivity index (χ0n) is 15.9. The molecule has 1 aliphatic heterocycles. The minimum Gasteiger partial charge on any atom is -0.356 e. The minimum atomic E-state index is 0.677. The molecule has 4 aromatic rings. The van der Waals surface area contributed by atoms with Gasteiger partial charge < -0.3 is 4.90 Å². The van der Waals surface area contributed by atoms with Crippen molar-refractivity contribution >= 4 is 27.4 Å². The molecule has 1 fully saturated rings.